The average Bonchev–Trinajstić information content (AvgIpc) is 3.18. The molecule has 2 aliphatic rings. The van der Waals surface area contributed by atoms with Crippen molar-refractivity contribution in [3.05, 3.63) is 82.6 Å². The molecule has 7 nitrogen and oxygen atoms in total. The topological polar surface area (TPSA) is 80.3 Å². The molecule has 3 aromatic rings. The zero-order valence-corrected chi connectivity index (χ0v) is 19.2. The summed E-state index contributed by atoms with van der Waals surface area (Å²) in [5.41, 5.74) is 1.89. The molecule has 5 rings (SSSR count). The van der Waals surface area contributed by atoms with Crippen molar-refractivity contribution >= 4 is 17.8 Å². The van der Waals surface area contributed by atoms with Crippen molar-refractivity contribution < 1.29 is 42.1 Å². The maximum Gasteiger partial charge on any atom is 0.387 e. The Kier molecular flexibility index (Phi) is 6.05. The van der Waals surface area contributed by atoms with Gasteiger partial charge in [0.15, 0.2) is 17.3 Å². The summed E-state index contributed by atoms with van der Waals surface area (Å²) in [5, 5.41) is 0. The van der Waals surface area contributed by atoms with Crippen molar-refractivity contribution in [1.82, 2.24) is 0 Å². The van der Waals surface area contributed by atoms with E-state index in [2.05, 4.69) is 4.74 Å². The maximum atomic E-state index is 13.2. The highest BCUT2D eigenvalue weighted by Crippen LogP contribution is 2.49. The summed E-state index contributed by atoms with van der Waals surface area (Å²) in [6, 6.07) is 14.4. The number of hydrogen-bond donors (Lipinski definition) is 0. The number of ketones is 1. The number of halogens is 2. The van der Waals surface area contributed by atoms with Crippen molar-refractivity contribution in [2.24, 2.45) is 0 Å². The molecular formula is C27H20F2O7. The first-order chi connectivity index (χ1) is 17.4. The van der Waals surface area contributed by atoms with Crippen LogP contribution < -0.4 is 23.7 Å². The van der Waals surface area contributed by atoms with Crippen LogP contribution in [-0.4, -0.2) is 32.6 Å². The third kappa shape index (κ3) is 4.13. The number of esters is 1. The van der Waals surface area contributed by atoms with Crippen LogP contribution in [0.2, 0.25) is 0 Å². The molecule has 0 radical (unpaired) electrons. The van der Waals surface area contributed by atoms with Gasteiger partial charge in [0.2, 0.25) is 5.78 Å². The van der Waals surface area contributed by atoms with Gasteiger partial charge in [-0.15, -0.1) is 0 Å². The highest BCUT2D eigenvalue weighted by atomic mass is 19.3. The standard InChI is InChI=1S/C27H20F2O7/c1-32-20-8-4-6-15(25(20)33-2)12-21-24(31)17-9-10-19-23(26(17)36-21)18(13-22(30)35-19)14-5-3-7-16(11-14)34-27(28)29/h3-12,18,27H,13H2,1-2H3. The molecule has 0 N–H and O–H groups in total. The smallest absolute Gasteiger partial charge is 0.387 e. The average molecular weight is 494 g/mol. The van der Waals surface area contributed by atoms with Crippen LogP contribution in [0.15, 0.2) is 60.4 Å². The first-order valence-corrected chi connectivity index (χ1v) is 11.0. The number of allylic oxidation sites excluding steroid dienone is 1. The summed E-state index contributed by atoms with van der Waals surface area (Å²) < 4.78 is 52.3. The van der Waals surface area contributed by atoms with E-state index in [1.54, 1.807) is 36.4 Å². The second-order valence-corrected chi connectivity index (χ2v) is 8.06. The van der Waals surface area contributed by atoms with E-state index in [0.717, 1.165) is 0 Å². The summed E-state index contributed by atoms with van der Waals surface area (Å²) in [7, 11) is 3.00. The Morgan fingerprint density at radius 3 is 2.56 bits per heavy atom. The number of Topliss-reactive ketones (excluding diaryl/α,β-unsaturated/α-hetero) is 1. The lowest BCUT2D eigenvalue weighted by Crippen LogP contribution is -2.21. The molecule has 3 aromatic carbocycles. The molecule has 1 unspecified atom stereocenters. The van der Waals surface area contributed by atoms with Crippen molar-refractivity contribution in [2.75, 3.05) is 14.2 Å². The molecular weight excluding hydrogens is 474 g/mol. The number of carbonyl (C=O) groups excluding carboxylic acids is 2. The Balaban J connectivity index is 1.59. The number of alkyl halides is 2. The molecule has 2 heterocycles. The zero-order chi connectivity index (χ0) is 25.4. The highest BCUT2D eigenvalue weighted by Gasteiger charge is 2.38. The van der Waals surface area contributed by atoms with E-state index in [9.17, 15) is 18.4 Å². The molecule has 0 amide bonds. The zero-order valence-electron chi connectivity index (χ0n) is 19.2. The predicted molar refractivity (Wildman–Crippen MR) is 124 cm³/mol. The Hall–Kier alpha value is -4.40. The van der Waals surface area contributed by atoms with Crippen LogP contribution in [0.1, 0.15) is 39.4 Å². The van der Waals surface area contributed by atoms with Gasteiger partial charge in [-0.1, -0.05) is 24.3 Å². The molecule has 0 saturated heterocycles. The highest BCUT2D eigenvalue weighted by molar-refractivity contribution is 6.15. The number of methoxy groups -OCH3 is 2. The summed E-state index contributed by atoms with van der Waals surface area (Å²) in [4.78, 5) is 25.6. The van der Waals surface area contributed by atoms with Crippen molar-refractivity contribution in [3.8, 4) is 28.7 Å². The Morgan fingerprint density at radius 2 is 1.81 bits per heavy atom. The molecule has 0 fully saturated rings. The lowest BCUT2D eigenvalue weighted by Gasteiger charge is -2.26. The number of hydrogen-bond acceptors (Lipinski definition) is 7. The van der Waals surface area contributed by atoms with Gasteiger partial charge in [0.05, 0.1) is 26.2 Å². The number of carbonyl (C=O) groups is 2. The van der Waals surface area contributed by atoms with E-state index < -0.39 is 18.5 Å². The van der Waals surface area contributed by atoms with E-state index in [0.29, 0.717) is 33.8 Å². The van der Waals surface area contributed by atoms with Crippen LogP contribution in [0.25, 0.3) is 6.08 Å². The largest absolute Gasteiger partial charge is 0.493 e. The van der Waals surface area contributed by atoms with Gasteiger partial charge in [-0.25, -0.2) is 0 Å². The fraction of sp³-hybridized carbons (Fsp3) is 0.185. The normalized spacial score (nSPS) is 17.4. The third-order valence-electron chi connectivity index (χ3n) is 5.99. The van der Waals surface area contributed by atoms with Crippen molar-refractivity contribution in [3.63, 3.8) is 0 Å². The Morgan fingerprint density at radius 1 is 1.00 bits per heavy atom. The fourth-order valence-corrected chi connectivity index (χ4v) is 4.47. The molecule has 0 saturated carbocycles. The predicted octanol–water partition coefficient (Wildman–Crippen LogP) is 5.36. The monoisotopic (exact) mass is 494 g/mol. The SMILES string of the molecule is COc1cccc(C=C2Oc3c(ccc4c3C(c3cccc(OC(F)F)c3)CC(=O)O4)C2=O)c1OC. The molecule has 0 aliphatic carbocycles. The van der Waals surface area contributed by atoms with Gasteiger partial charge in [0.1, 0.15) is 17.2 Å². The van der Waals surface area contributed by atoms with Gasteiger partial charge in [-0.3, -0.25) is 9.59 Å². The molecule has 1 atom stereocenters. The molecule has 2 aliphatic heterocycles. The number of ether oxygens (including phenoxy) is 5. The minimum atomic E-state index is -2.99. The second-order valence-electron chi connectivity index (χ2n) is 8.06. The van der Waals surface area contributed by atoms with Crippen LogP contribution in [0.3, 0.4) is 0 Å². The summed E-state index contributed by atoms with van der Waals surface area (Å²) in [5.74, 6) is -0.0254. The quantitative estimate of drug-likeness (QED) is 0.259. The van der Waals surface area contributed by atoms with Gasteiger partial charge >= 0.3 is 12.6 Å². The molecule has 9 heteroatoms. The third-order valence-corrected chi connectivity index (χ3v) is 5.99. The number of fused-ring (bicyclic) bond motifs is 3. The van der Waals surface area contributed by atoms with Gasteiger partial charge in [0, 0.05) is 17.0 Å². The molecule has 0 bridgehead atoms. The van der Waals surface area contributed by atoms with Gasteiger partial charge < -0.3 is 23.7 Å². The van der Waals surface area contributed by atoms with Gasteiger partial charge in [-0.05, 0) is 42.0 Å². The van der Waals surface area contributed by atoms with E-state index in [4.69, 9.17) is 18.9 Å². The number of benzene rings is 3. The molecule has 36 heavy (non-hydrogen) atoms. The minimum Gasteiger partial charge on any atom is -0.493 e. The molecule has 0 aromatic heterocycles. The van der Waals surface area contributed by atoms with Crippen LogP contribution in [0.5, 0.6) is 28.7 Å². The van der Waals surface area contributed by atoms with Gasteiger partial charge in [-0.2, -0.15) is 8.78 Å². The van der Waals surface area contributed by atoms with Crippen LogP contribution in [0.4, 0.5) is 8.78 Å². The van der Waals surface area contributed by atoms with E-state index in [1.807, 2.05) is 0 Å². The lowest BCUT2D eigenvalue weighted by atomic mass is 9.84. The molecule has 0 spiro atoms. The lowest BCUT2D eigenvalue weighted by molar-refractivity contribution is -0.135. The second kappa shape index (κ2) is 9.33. The summed E-state index contributed by atoms with van der Waals surface area (Å²) >= 11 is 0. The van der Waals surface area contributed by atoms with Gasteiger partial charge in [0.25, 0.3) is 0 Å². The summed E-state index contributed by atoms with van der Waals surface area (Å²) in [6.45, 7) is -2.99. The van der Waals surface area contributed by atoms with Crippen molar-refractivity contribution in [2.45, 2.75) is 19.0 Å². The summed E-state index contributed by atoms with van der Waals surface area (Å²) in [6.07, 6.45) is 1.49. The Labute approximate surface area is 204 Å². The van der Waals surface area contributed by atoms with Crippen LogP contribution in [0, 0.1) is 0 Å². The minimum absolute atomic E-state index is 0.0433. The number of rotatable bonds is 6. The van der Waals surface area contributed by atoms with Crippen LogP contribution >= 0.6 is 0 Å². The van der Waals surface area contributed by atoms with E-state index in [1.165, 1.54) is 38.5 Å². The van der Waals surface area contributed by atoms with Crippen LogP contribution in [-0.2, 0) is 4.79 Å². The first-order valence-electron chi connectivity index (χ1n) is 11.0. The fourth-order valence-electron chi connectivity index (χ4n) is 4.47. The Bertz CT molecular complexity index is 1400. The van der Waals surface area contributed by atoms with E-state index in [-0.39, 0.29) is 35.2 Å². The maximum absolute atomic E-state index is 13.2. The van der Waals surface area contributed by atoms with Crippen molar-refractivity contribution in [1.29, 1.82) is 0 Å². The first kappa shape index (κ1) is 23.3. The molecule has 184 valence electrons. The van der Waals surface area contributed by atoms with E-state index >= 15 is 0 Å². The number of para-hydroxylation sites is 1.